The van der Waals surface area contributed by atoms with Crippen molar-refractivity contribution in [3.63, 3.8) is 0 Å². The van der Waals surface area contributed by atoms with Gasteiger partial charge in [0.15, 0.2) is 0 Å². The molecule has 0 saturated carbocycles. The molecule has 14 heteroatoms. The van der Waals surface area contributed by atoms with Crippen LogP contribution >= 0.6 is 15.9 Å². The molecule has 6 N–H and O–H groups in total. The predicted octanol–water partition coefficient (Wildman–Crippen LogP) is 5.35. The lowest BCUT2D eigenvalue weighted by Crippen LogP contribution is -2.16. The first-order valence-electron chi connectivity index (χ1n) is 12.5. The third-order valence-electron chi connectivity index (χ3n) is 6.59. The van der Waals surface area contributed by atoms with Gasteiger partial charge in [0.05, 0.1) is 19.7 Å². The molecule has 2 aromatic heterocycles. The van der Waals surface area contributed by atoms with Crippen molar-refractivity contribution in [3.8, 4) is 33.9 Å². The van der Waals surface area contributed by atoms with Gasteiger partial charge in [-0.25, -0.2) is 27.2 Å². The van der Waals surface area contributed by atoms with Gasteiger partial charge in [0, 0.05) is 44.4 Å². The molecule has 3 aromatic carbocycles. The van der Waals surface area contributed by atoms with Gasteiger partial charge >= 0.3 is 0 Å². The van der Waals surface area contributed by atoms with Crippen LogP contribution in [0.15, 0.2) is 76.2 Å². The number of benzene rings is 3. The summed E-state index contributed by atoms with van der Waals surface area (Å²) in [5, 5.41) is 11.2. The molecule has 2 heterocycles. The van der Waals surface area contributed by atoms with Crippen LogP contribution in [0.2, 0.25) is 0 Å². The zero-order valence-corrected chi connectivity index (χ0v) is 25.0. The van der Waals surface area contributed by atoms with Crippen LogP contribution in [0.5, 0.6) is 11.6 Å². The number of hydrogen-bond donors (Lipinski definition) is 4. The van der Waals surface area contributed by atoms with Gasteiger partial charge in [-0.05, 0) is 54.1 Å². The summed E-state index contributed by atoms with van der Waals surface area (Å²) in [4.78, 5) is 7.97. The van der Waals surface area contributed by atoms with Crippen LogP contribution < -0.4 is 25.7 Å². The molecule has 0 aliphatic rings. The Labute approximate surface area is 253 Å². The maximum atomic E-state index is 14.3. The van der Waals surface area contributed by atoms with Crippen molar-refractivity contribution in [2.45, 2.75) is 11.1 Å². The Hall–Kier alpha value is -4.37. The second-order valence-electron chi connectivity index (χ2n) is 9.27. The molecule has 0 amide bonds. The number of aliphatic hydroxyl groups excluding tert-OH is 1. The number of pyridine rings is 2. The number of methoxy groups -OCH3 is 2. The Morgan fingerprint density at radius 1 is 1.00 bits per heavy atom. The molecular weight excluding hydrogens is 648 g/mol. The van der Waals surface area contributed by atoms with Gasteiger partial charge in [0.25, 0.3) is 10.0 Å². The molecule has 10 nitrogen and oxygen atoms in total. The van der Waals surface area contributed by atoms with Gasteiger partial charge < -0.3 is 26.0 Å². The number of fused-ring (bicyclic) bond motifs is 1. The summed E-state index contributed by atoms with van der Waals surface area (Å²) in [5.74, 6) is -1.69. The van der Waals surface area contributed by atoms with Crippen molar-refractivity contribution in [1.29, 1.82) is 0 Å². The quantitative estimate of drug-likeness (QED) is 0.159. The summed E-state index contributed by atoms with van der Waals surface area (Å²) >= 11 is 3.41. The van der Waals surface area contributed by atoms with Crippen LogP contribution in [0, 0.1) is 11.6 Å². The number of hydrogen-bond acceptors (Lipinski definition) is 9. The number of rotatable bonds is 8. The summed E-state index contributed by atoms with van der Waals surface area (Å²) in [6.45, 7) is 0. The molecule has 0 aliphatic carbocycles. The van der Waals surface area contributed by atoms with Crippen LogP contribution in [-0.2, 0) is 10.0 Å². The van der Waals surface area contributed by atoms with Gasteiger partial charge in [-0.3, -0.25) is 4.72 Å². The van der Waals surface area contributed by atoms with Crippen LogP contribution in [0.25, 0.3) is 33.2 Å². The number of nitrogens with two attached hydrogens (primary N) is 2. The molecule has 0 radical (unpaired) electrons. The van der Waals surface area contributed by atoms with Crippen LogP contribution in [0.1, 0.15) is 11.8 Å². The van der Waals surface area contributed by atoms with E-state index in [1.807, 2.05) is 0 Å². The lowest BCUT2D eigenvalue weighted by atomic mass is 9.93. The number of ether oxygens (including phenoxy) is 2. The molecule has 0 fully saturated rings. The molecule has 5 aromatic rings. The number of sulfonamides is 1. The first-order chi connectivity index (χ1) is 20.4. The lowest BCUT2D eigenvalue weighted by Gasteiger charge is -2.20. The highest BCUT2D eigenvalue weighted by atomic mass is 79.9. The SMILES string of the molecule is COc1cc(Br)ccc1-c1c(N)nc2ccc(-c3cnc(OC)c(NS(=O)(=O)c4ccc(F)cc4F)c3)cc2c1C(N)O. The number of nitrogen functional groups attached to an aromatic ring is 1. The van der Waals surface area contributed by atoms with E-state index in [-0.39, 0.29) is 17.4 Å². The summed E-state index contributed by atoms with van der Waals surface area (Å²) < 4.78 is 67.5. The normalized spacial score (nSPS) is 12.3. The maximum absolute atomic E-state index is 14.3. The van der Waals surface area contributed by atoms with E-state index in [2.05, 4.69) is 30.6 Å². The second kappa shape index (κ2) is 11.7. The fourth-order valence-electron chi connectivity index (χ4n) is 4.69. The first-order valence-corrected chi connectivity index (χ1v) is 14.7. The largest absolute Gasteiger partial charge is 0.496 e. The minimum absolute atomic E-state index is 0.0900. The predicted molar refractivity (Wildman–Crippen MR) is 162 cm³/mol. The molecule has 0 saturated heterocycles. The Kier molecular flexibility index (Phi) is 8.21. The van der Waals surface area contributed by atoms with Gasteiger partial charge in [-0.1, -0.05) is 22.0 Å². The van der Waals surface area contributed by atoms with Crippen molar-refractivity contribution in [3.05, 3.63) is 88.5 Å². The van der Waals surface area contributed by atoms with E-state index in [9.17, 15) is 22.3 Å². The minimum Gasteiger partial charge on any atom is -0.496 e. The van der Waals surface area contributed by atoms with E-state index >= 15 is 0 Å². The summed E-state index contributed by atoms with van der Waals surface area (Å²) in [7, 11) is -1.71. The number of aliphatic hydroxyl groups is 1. The number of nitrogens with zero attached hydrogens (tertiary/aromatic N) is 2. The molecule has 5 rings (SSSR count). The smallest absolute Gasteiger partial charge is 0.264 e. The molecule has 43 heavy (non-hydrogen) atoms. The van der Waals surface area contributed by atoms with E-state index < -0.39 is 32.8 Å². The summed E-state index contributed by atoms with van der Waals surface area (Å²) in [5.41, 5.74) is 15.0. The molecule has 0 aliphatic heterocycles. The molecule has 1 unspecified atom stereocenters. The Bertz CT molecular complexity index is 1990. The monoisotopic (exact) mass is 671 g/mol. The Morgan fingerprint density at radius 3 is 2.44 bits per heavy atom. The van der Waals surface area contributed by atoms with Gasteiger partial charge in [-0.2, -0.15) is 0 Å². The van der Waals surface area contributed by atoms with Gasteiger partial charge in [0.2, 0.25) is 5.88 Å². The van der Waals surface area contributed by atoms with Crippen molar-refractivity contribution in [1.82, 2.24) is 9.97 Å². The average Bonchev–Trinajstić information content (AvgIpc) is 2.95. The highest BCUT2D eigenvalue weighted by Gasteiger charge is 2.24. The first kappa shape index (κ1) is 30.1. The molecule has 0 bridgehead atoms. The van der Waals surface area contributed by atoms with Crippen molar-refractivity contribution in [2.75, 3.05) is 24.7 Å². The molecule has 1 atom stereocenters. The third kappa shape index (κ3) is 5.82. The third-order valence-corrected chi connectivity index (χ3v) is 8.48. The van der Waals surface area contributed by atoms with Crippen LogP contribution in [0.3, 0.4) is 0 Å². The molecule has 0 spiro atoms. The zero-order valence-electron chi connectivity index (χ0n) is 22.6. The Balaban J connectivity index is 1.66. The summed E-state index contributed by atoms with van der Waals surface area (Å²) in [6, 6.07) is 13.9. The van der Waals surface area contributed by atoms with E-state index in [4.69, 9.17) is 20.9 Å². The zero-order chi connectivity index (χ0) is 31.1. The average molecular weight is 673 g/mol. The van der Waals surface area contributed by atoms with Crippen molar-refractivity contribution >= 4 is 48.4 Å². The van der Waals surface area contributed by atoms with E-state index in [0.29, 0.717) is 50.5 Å². The fraction of sp³-hybridized carbons (Fsp3) is 0.103. The van der Waals surface area contributed by atoms with Crippen molar-refractivity contribution in [2.24, 2.45) is 5.73 Å². The highest BCUT2D eigenvalue weighted by molar-refractivity contribution is 9.10. The molecule has 222 valence electrons. The van der Waals surface area contributed by atoms with Gasteiger partial charge in [0.1, 0.15) is 40.0 Å². The van der Waals surface area contributed by atoms with E-state index in [1.165, 1.54) is 26.5 Å². The highest BCUT2D eigenvalue weighted by Crippen LogP contribution is 2.42. The topological polar surface area (TPSA) is 163 Å². The number of aromatic nitrogens is 2. The number of halogens is 3. The van der Waals surface area contributed by atoms with Crippen LogP contribution in [-0.4, -0.2) is 37.7 Å². The summed E-state index contributed by atoms with van der Waals surface area (Å²) in [6.07, 6.45) is -0.0218. The number of nitrogens with one attached hydrogen (secondary N) is 1. The van der Waals surface area contributed by atoms with Crippen LogP contribution in [0.4, 0.5) is 20.3 Å². The van der Waals surface area contributed by atoms with Gasteiger partial charge in [-0.15, -0.1) is 0 Å². The molecular formula is C29H24BrF2N5O5S. The number of anilines is 2. The fourth-order valence-corrected chi connectivity index (χ4v) is 6.14. The van der Waals surface area contributed by atoms with Crippen molar-refractivity contribution < 1.29 is 31.8 Å². The van der Waals surface area contributed by atoms with E-state index in [1.54, 1.807) is 36.4 Å². The maximum Gasteiger partial charge on any atom is 0.264 e. The lowest BCUT2D eigenvalue weighted by molar-refractivity contribution is 0.188. The standard InChI is InChI=1S/C29H24BrF2N5O5S/c1-41-23-11-16(30)4-6-18(23)25-26(28(34)38)19-9-14(3-7-21(19)36-27(25)33)15-10-22(29(42-2)35-13-15)37-43(39,40)24-8-5-17(31)12-20(24)32/h3-13,28,37-38H,34H2,1-2H3,(H2,33,36). The Morgan fingerprint density at radius 2 is 1.77 bits per heavy atom. The minimum atomic E-state index is -4.50. The second-order valence-corrected chi connectivity index (χ2v) is 11.8. The van der Waals surface area contributed by atoms with E-state index in [0.717, 1.165) is 16.6 Å².